The van der Waals surface area contributed by atoms with E-state index in [1.807, 2.05) is 14.1 Å². The number of hydrogen-bond donors (Lipinski definition) is 1. The Balaban J connectivity index is 2.40. The molecule has 0 saturated heterocycles. The fraction of sp³-hybridized carbons (Fsp3) is 0.786. The van der Waals surface area contributed by atoms with Gasteiger partial charge in [0.15, 0.2) is 5.96 Å². The fourth-order valence-electron chi connectivity index (χ4n) is 1.95. The highest BCUT2D eigenvalue weighted by Gasteiger charge is 2.11. The van der Waals surface area contributed by atoms with Gasteiger partial charge in [-0.1, -0.05) is 20.8 Å². The van der Waals surface area contributed by atoms with Crippen molar-refractivity contribution in [2.75, 3.05) is 20.6 Å². The lowest BCUT2D eigenvalue weighted by Gasteiger charge is -2.23. The van der Waals surface area contributed by atoms with Gasteiger partial charge >= 0.3 is 0 Å². The summed E-state index contributed by atoms with van der Waals surface area (Å²) < 4.78 is 1.78. The Labute approximate surface area is 122 Å². The van der Waals surface area contributed by atoms with Crippen LogP contribution in [0.3, 0.4) is 0 Å². The fourth-order valence-corrected chi connectivity index (χ4v) is 1.95. The summed E-state index contributed by atoms with van der Waals surface area (Å²) in [6.45, 7) is 8.43. The van der Waals surface area contributed by atoms with E-state index in [1.165, 1.54) is 6.42 Å². The number of nitrogens with one attached hydrogen (secondary N) is 1. The monoisotopic (exact) mass is 280 g/mol. The van der Waals surface area contributed by atoms with Crippen molar-refractivity contribution in [1.29, 1.82) is 0 Å². The van der Waals surface area contributed by atoms with Crippen LogP contribution in [0.5, 0.6) is 0 Å². The first-order valence-corrected chi connectivity index (χ1v) is 7.08. The highest BCUT2D eigenvalue weighted by molar-refractivity contribution is 5.79. The third kappa shape index (κ3) is 5.59. The van der Waals surface area contributed by atoms with E-state index in [0.29, 0.717) is 12.0 Å². The number of aliphatic imine (C=N–C) groups is 1. The third-order valence-electron chi connectivity index (χ3n) is 3.14. The molecule has 0 saturated carbocycles. The van der Waals surface area contributed by atoms with E-state index >= 15 is 0 Å². The summed E-state index contributed by atoms with van der Waals surface area (Å²) in [5, 5.41) is 7.47. The van der Waals surface area contributed by atoms with Crippen LogP contribution in [0.1, 0.15) is 39.4 Å². The number of hydrogen-bond acceptors (Lipinski definition) is 3. The Hall–Kier alpha value is -1.59. The van der Waals surface area contributed by atoms with Crippen LogP contribution in [0.15, 0.2) is 11.3 Å². The Bertz CT molecular complexity index is 429. The van der Waals surface area contributed by atoms with Gasteiger partial charge in [0.05, 0.1) is 6.54 Å². The second-order valence-electron chi connectivity index (χ2n) is 6.29. The van der Waals surface area contributed by atoms with Gasteiger partial charge < -0.3 is 10.2 Å². The molecule has 0 atom stereocenters. The van der Waals surface area contributed by atoms with Gasteiger partial charge in [-0.3, -0.25) is 9.67 Å². The first-order chi connectivity index (χ1) is 9.33. The molecule has 0 unspecified atom stereocenters. The van der Waals surface area contributed by atoms with Crippen molar-refractivity contribution in [1.82, 2.24) is 25.0 Å². The first kappa shape index (κ1) is 16.5. The van der Waals surface area contributed by atoms with Crippen LogP contribution in [0.25, 0.3) is 0 Å². The van der Waals surface area contributed by atoms with Crippen LogP contribution in [0.2, 0.25) is 0 Å². The Morgan fingerprint density at radius 1 is 1.45 bits per heavy atom. The molecule has 1 aromatic rings. The lowest BCUT2D eigenvalue weighted by Crippen LogP contribution is -2.39. The summed E-state index contributed by atoms with van der Waals surface area (Å²) >= 11 is 0. The zero-order valence-electron chi connectivity index (χ0n) is 13.6. The maximum Gasteiger partial charge on any atom is 0.193 e. The molecular weight excluding hydrogens is 252 g/mol. The molecule has 0 fully saturated rings. The van der Waals surface area contributed by atoms with E-state index in [4.69, 9.17) is 0 Å². The number of aryl methyl sites for hydroxylation is 1. The minimum absolute atomic E-state index is 0.385. The zero-order chi connectivity index (χ0) is 15.2. The molecule has 0 aromatic carbocycles. The SMILES string of the molecule is CN=C(NCCCC(C)(C)C)N(C)Cc1ncnn1C. The molecule has 0 aliphatic heterocycles. The molecular formula is C14H28N6. The van der Waals surface area contributed by atoms with Crippen molar-refractivity contribution >= 4 is 5.96 Å². The van der Waals surface area contributed by atoms with E-state index in [9.17, 15) is 0 Å². The second kappa shape index (κ2) is 7.26. The van der Waals surface area contributed by atoms with E-state index < -0.39 is 0 Å². The Morgan fingerprint density at radius 2 is 2.15 bits per heavy atom. The Morgan fingerprint density at radius 3 is 2.65 bits per heavy atom. The standard InChI is InChI=1S/C14H28N6/c1-14(2,3)8-7-9-16-13(15-4)19(5)10-12-17-11-18-20(12)6/h11H,7-10H2,1-6H3,(H,15,16). The quantitative estimate of drug-likeness (QED) is 0.506. The van der Waals surface area contributed by atoms with Gasteiger partial charge in [0.25, 0.3) is 0 Å². The zero-order valence-corrected chi connectivity index (χ0v) is 13.6. The average molecular weight is 280 g/mol. The summed E-state index contributed by atoms with van der Waals surface area (Å²) in [4.78, 5) is 10.6. The predicted octanol–water partition coefficient (Wildman–Crippen LogP) is 1.65. The van der Waals surface area contributed by atoms with Crippen LogP contribution >= 0.6 is 0 Å². The van der Waals surface area contributed by atoms with Gasteiger partial charge in [0.1, 0.15) is 12.2 Å². The lowest BCUT2D eigenvalue weighted by molar-refractivity contribution is 0.363. The van der Waals surface area contributed by atoms with Gasteiger partial charge in [-0.2, -0.15) is 5.10 Å². The van der Waals surface area contributed by atoms with Gasteiger partial charge in [0.2, 0.25) is 0 Å². The van der Waals surface area contributed by atoms with Crippen molar-refractivity contribution in [3.8, 4) is 0 Å². The summed E-state index contributed by atoms with van der Waals surface area (Å²) in [6, 6.07) is 0. The topological polar surface area (TPSA) is 58.3 Å². The van der Waals surface area contributed by atoms with Gasteiger partial charge in [-0.25, -0.2) is 4.98 Å². The molecule has 1 rings (SSSR count). The molecule has 0 radical (unpaired) electrons. The number of aromatic nitrogens is 3. The van der Waals surface area contributed by atoms with Crippen molar-refractivity contribution in [2.45, 2.75) is 40.2 Å². The van der Waals surface area contributed by atoms with Crippen molar-refractivity contribution in [3.05, 3.63) is 12.2 Å². The van der Waals surface area contributed by atoms with Gasteiger partial charge in [-0.15, -0.1) is 0 Å². The molecule has 0 aliphatic carbocycles. The minimum atomic E-state index is 0.385. The molecule has 6 nitrogen and oxygen atoms in total. The summed E-state index contributed by atoms with van der Waals surface area (Å²) in [6.07, 6.45) is 3.91. The number of nitrogens with zero attached hydrogens (tertiary/aromatic N) is 5. The highest BCUT2D eigenvalue weighted by Crippen LogP contribution is 2.19. The maximum absolute atomic E-state index is 4.31. The van der Waals surface area contributed by atoms with E-state index in [1.54, 1.807) is 18.1 Å². The molecule has 0 amide bonds. The third-order valence-corrected chi connectivity index (χ3v) is 3.14. The molecule has 0 bridgehead atoms. The highest BCUT2D eigenvalue weighted by atomic mass is 15.4. The smallest absolute Gasteiger partial charge is 0.193 e. The first-order valence-electron chi connectivity index (χ1n) is 7.08. The number of rotatable bonds is 5. The molecule has 1 heterocycles. The number of guanidine groups is 1. The second-order valence-corrected chi connectivity index (χ2v) is 6.29. The average Bonchev–Trinajstić information content (AvgIpc) is 2.73. The normalized spacial score (nSPS) is 12.6. The molecule has 114 valence electrons. The summed E-state index contributed by atoms with van der Waals surface area (Å²) in [5.74, 6) is 1.81. The molecule has 0 spiro atoms. The largest absolute Gasteiger partial charge is 0.356 e. The van der Waals surface area contributed by atoms with Crippen molar-refractivity contribution in [3.63, 3.8) is 0 Å². The van der Waals surface area contributed by atoms with Crippen LogP contribution in [0, 0.1) is 5.41 Å². The van der Waals surface area contributed by atoms with E-state index in [2.05, 4.69) is 46.1 Å². The van der Waals surface area contributed by atoms with Crippen molar-refractivity contribution in [2.24, 2.45) is 17.5 Å². The van der Waals surface area contributed by atoms with Crippen molar-refractivity contribution < 1.29 is 0 Å². The molecule has 1 aromatic heterocycles. The van der Waals surface area contributed by atoms with Crippen LogP contribution in [-0.4, -0.2) is 46.3 Å². The maximum atomic E-state index is 4.31. The lowest BCUT2D eigenvalue weighted by atomic mass is 9.91. The molecule has 1 N–H and O–H groups in total. The molecule has 20 heavy (non-hydrogen) atoms. The van der Waals surface area contributed by atoms with Crippen LogP contribution in [-0.2, 0) is 13.6 Å². The molecule has 6 heteroatoms. The van der Waals surface area contributed by atoms with E-state index in [-0.39, 0.29) is 0 Å². The predicted molar refractivity (Wildman–Crippen MR) is 82.5 cm³/mol. The minimum Gasteiger partial charge on any atom is -0.356 e. The van der Waals surface area contributed by atoms with Crippen LogP contribution < -0.4 is 5.32 Å². The summed E-state index contributed by atoms with van der Waals surface area (Å²) in [5.41, 5.74) is 0.385. The van der Waals surface area contributed by atoms with Gasteiger partial charge in [-0.05, 0) is 18.3 Å². The molecule has 0 aliphatic rings. The van der Waals surface area contributed by atoms with Crippen LogP contribution in [0.4, 0.5) is 0 Å². The Kier molecular flexibility index (Phi) is 5.98. The van der Waals surface area contributed by atoms with E-state index in [0.717, 1.165) is 24.7 Å². The van der Waals surface area contributed by atoms with Gasteiger partial charge in [0, 0.05) is 27.7 Å². The summed E-state index contributed by atoms with van der Waals surface area (Å²) in [7, 11) is 5.71.